The molecule has 0 heterocycles. The lowest BCUT2D eigenvalue weighted by Crippen LogP contribution is -2.36. The number of aliphatic hydroxyl groups is 1. The first-order chi connectivity index (χ1) is 9.45. The first kappa shape index (κ1) is 17.2. The molecular weight excluding hydrogens is 248 g/mol. The van der Waals surface area contributed by atoms with Crippen molar-refractivity contribution in [3.05, 3.63) is 34.9 Å². The van der Waals surface area contributed by atoms with Crippen LogP contribution >= 0.6 is 0 Å². The van der Waals surface area contributed by atoms with Crippen LogP contribution in [0.5, 0.6) is 0 Å². The number of hydrogen-bond donors (Lipinski definition) is 2. The van der Waals surface area contributed by atoms with Crippen LogP contribution in [0.25, 0.3) is 0 Å². The molecule has 3 heteroatoms. The van der Waals surface area contributed by atoms with Crippen LogP contribution in [0.1, 0.15) is 42.6 Å². The van der Waals surface area contributed by atoms with E-state index in [0.717, 1.165) is 31.5 Å². The number of rotatable bonds is 8. The minimum Gasteiger partial charge on any atom is -0.387 e. The summed E-state index contributed by atoms with van der Waals surface area (Å²) in [5.41, 5.74) is 3.53. The summed E-state index contributed by atoms with van der Waals surface area (Å²) in [7, 11) is 4.17. The molecule has 20 heavy (non-hydrogen) atoms. The third-order valence-electron chi connectivity index (χ3n) is 3.88. The van der Waals surface area contributed by atoms with Gasteiger partial charge in [-0.2, -0.15) is 0 Å². The average Bonchev–Trinajstić information content (AvgIpc) is 2.41. The summed E-state index contributed by atoms with van der Waals surface area (Å²) in [5.74, 6) is 0. The minimum absolute atomic E-state index is 0.124. The molecule has 0 saturated heterocycles. The zero-order chi connectivity index (χ0) is 15.1. The van der Waals surface area contributed by atoms with E-state index in [0.29, 0.717) is 0 Å². The summed E-state index contributed by atoms with van der Waals surface area (Å²) in [6, 6.07) is 6.35. The van der Waals surface area contributed by atoms with Crippen molar-refractivity contribution in [3.63, 3.8) is 0 Å². The molecule has 1 aromatic carbocycles. The highest BCUT2D eigenvalue weighted by Crippen LogP contribution is 2.21. The van der Waals surface area contributed by atoms with Crippen molar-refractivity contribution >= 4 is 0 Å². The van der Waals surface area contributed by atoms with Gasteiger partial charge in [0.25, 0.3) is 0 Å². The van der Waals surface area contributed by atoms with Gasteiger partial charge in [-0.25, -0.2) is 0 Å². The maximum Gasteiger partial charge on any atom is 0.0942 e. The quantitative estimate of drug-likeness (QED) is 0.718. The summed E-state index contributed by atoms with van der Waals surface area (Å²) in [6.07, 6.45) is 1.60. The van der Waals surface area contributed by atoms with Gasteiger partial charge in [-0.15, -0.1) is 0 Å². The summed E-state index contributed by atoms with van der Waals surface area (Å²) in [5, 5.41) is 14.0. The topological polar surface area (TPSA) is 35.5 Å². The Morgan fingerprint density at radius 3 is 2.45 bits per heavy atom. The number of nitrogens with zero attached hydrogens (tertiary/aromatic N) is 1. The SMILES string of the molecule is CCC(NCCCN(C)C)C(O)c1ccc(C)c(C)c1. The van der Waals surface area contributed by atoms with E-state index in [-0.39, 0.29) is 6.04 Å². The van der Waals surface area contributed by atoms with E-state index in [9.17, 15) is 5.11 Å². The predicted octanol–water partition coefficient (Wildman–Crippen LogP) is 2.66. The highest BCUT2D eigenvalue weighted by Gasteiger charge is 2.18. The lowest BCUT2D eigenvalue weighted by molar-refractivity contribution is 0.125. The monoisotopic (exact) mass is 278 g/mol. The average molecular weight is 278 g/mol. The van der Waals surface area contributed by atoms with Crippen LogP contribution in [-0.2, 0) is 0 Å². The van der Waals surface area contributed by atoms with Gasteiger partial charge in [-0.05, 0) is 70.6 Å². The molecule has 0 aliphatic heterocycles. The molecule has 0 radical (unpaired) electrons. The molecule has 1 rings (SSSR count). The van der Waals surface area contributed by atoms with Gasteiger partial charge in [-0.1, -0.05) is 25.1 Å². The maximum atomic E-state index is 10.5. The lowest BCUT2D eigenvalue weighted by Gasteiger charge is -2.24. The molecule has 0 aliphatic carbocycles. The van der Waals surface area contributed by atoms with Crippen LogP contribution in [0.15, 0.2) is 18.2 Å². The van der Waals surface area contributed by atoms with E-state index in [1.165, 1.54) is 11.1 Å². The zero-order valence-electron chi connectivity index (χ0n) is 13.6. The van der Waals surface area contributed by atoms with E-state index in [2.05, 4.69) is 57.2 Å². The van der Waals surface area contributed by atoms with Crippen LogP contribution in [0.3, 0.4) is 0 Å². The second-order valence-corrected chi connectivity index (χ2v) is 5.91. The molecule has 114 valence electrons. The third kappa shape index (κ3) is 5.23. The van der Waals surface area contributed by atoms with Gasteiger partial charge in [-0.3, -0.25) is 0 Å². The van der Waals surface area contributed by atoms with Gasteiger partial charge in [0.2, 0.25) is 0 Å². The maximum absolute atomic E-state index is 10.5. The number of benzene rings is 1. The minimum atomic E-state index is -0.432. The molecule has 0 amide bonds. The molecule has 0 aromatic heterocycles. The Bertz CT molecular complexity index is 404. The van der Waals surface area contributed by atoms with Crippen LogP contribution in [0.4, 0.5) is 0 Å². The molecule has 2 atom stereocenters. The molecule has 3 nitrogen and oxygen atoms in total. The third-order valence-corrected chi connectivity index (χ3v) is 3.88. The fourth-order valence-electron chi connectivity index (χ4n) is 2.34. The highest BCUT2D eigenvalue weighted by atomic mass is 16.3. The van der Waals surface area contributed by atoms with Crippen LogP contribution in [0, 0.1) is 13.8 Å². The molecule has 1 aromatic rings. The van der Waals surface area contributed by atoms with Gasteiger partial charge >= 0.3 is 0 Å². The zero-order valence-corrected chi connectivity index (χ0v) is 13.6. The molecule has 0 saturated carbocycles. The van der Waals surface area contributed by atoms with E-state index in [1.807, 2.05) is 6.07 Å². The number of aliphatic hydroxyl groups excluding tert-OH is 1. The summed E-state index contributed by atoms with van der Waals surface area (Å²) in [6.45, 7) is 8.33. The summed E-state index contributed by atoms with van der Waals surface area (Å²) >= 11 is 0. The van der Waals surface area contributed by atoms with Crippen LogP contribution < -0.4 is 5.32 Å². The Morgan fingerprint density at radius 2 is 1.90 bits per heavy atom. The first-order valence-corrected chi connectivity index (χ1v) is 7.59. The van der Waals surface area contributed by atoms with Gasteiger partial charge < -0.3 is 15.3 Å². The van der Waals surface area contributed by atoms with Gasteiger partial charge in [0, 0.05) is 6.04 Å². The van der Waals surface area contributed by atoms with Crippen molar-refractivity contribution in [3.8, 4) is 0 Å². The fourth-order valence-corrected chi connectivity index (χ4v) is 2.34. The molecule has 0 spiro atoms. The van der Waals surface area contributed by atoms with Gasteiger partial charge in [0.15, 0.2) is 0 Å². The van der Waals surface area contributed by atoms with Crippen LogP contribution in [-0.4, -0.2) is 43.2 Å². The molecule has 2 N–H and O–H groups in total. The second kappa shape index (κ2) is 8.40. The van der Waals surface area contributed by atoms with Crippen LogP contribution in [0.2, 0.25) is 0 Å². The number of nitrogens with one attached hydrogen (secondary N) is 1. The summed E-state index contributed by atoms with van der Waals surface area (Å²) in [4.78, 5) is 2.18. The predicted molar refractivity (Wildman–Crippen MR) is 86.1 cm³/mol. The van der Waals surface area contributed by atoms with Crippen molar-refractivity contribution in [2.24, 2.45) is 0 Å². The van der Waals surface area contributed by atoms with E-state index in [1.54, 1.807) is 0 Å². The second-order valence-electron chi connectivity index (χ2n) is 5.91. The standard InChI is InChI=1S/C17H30N2O/c1-6-16(18-10-7-11-19(4)5)17(20)15-9-8-13(2)14(3)12-15/h8-9,12,16-18,20H,6-7,10-11H2,1-5H3. The van der Waals surface area contributed by atoms with Crippen molar-refractivity contribution in [1.82, 2.24) is 10.2 Å². The van der Waals surface area contributed by atoms with E-state index in [4.69, 9.17) is 0 Å². The van der Waals surface area contributed by atoms with Crippen molar-refractivity contribution in [2.45, 2.75) is 45.8 Å². The molecule has 2 unspecified atom stereocenters. The largest absolute Gasteiger partial charge is 0.387 e. The molecule has 0 fully saturated rings. The number of hydrogen-bond acceptors (Lipinski definition) is 3. The number of aryl methyl sites for hydroxylation is 2. The Kier molecular flexibility index (Phi) is 7.20. The van der Waals surface area contributed by atoms with Gasteiger partial charge in [0.1, 0.15) is 0 Å². The normalized spacial score (nSPS) is 14.6. The molecular formula is C17H30N2O. The molecule has 0 bridgehead atoms. The summed E-state index contributed by atoms with van der Waals surface area (Å²) < 4.78 is 0. The van der Waals surface area contributed by atoms with Crippen molar-refractivity contribution in [2.75, 3.05) is 27.2 Å². The smallest absolute Gasteiger partial charge is 0.0942 e. The Morgan fingerprint density at radius 1 is 1.20 bits per heavy atom. The van der Waals surface area contributed by atoms with E-state index < -0.39 is 6.10 Å². The lowest BCUT2D eigenvalue weighted by atomic mass is 9.97. The molecule has 0 aliphatic rings. The Labute approximate surface area is 124 Å². The van der Waals surface area contributed by atoms with Crippen molar-refractivity contribution in [1.29, 1.82) is 0 Å². The van der Waals surface area contributed by atoms with Crippen molar-refractivity contribution < 1.29 is 5.11 Å². The highest BCUT2D eigenvalue weighted by molar-refractivity contribution is 5.31. The Balaban J connectivity index is 2.57. The Hall–Kier alpha value is -0.900. The fraction of sp³-hybridized carbons (Fsp3) is 0.647. The van der Waals surface area contributed by atoms with E-state index >= 15 is 0 Å². The first-order valence-electron chi connectivity index (χ1n) is 7.59. The van der Waals surface area contributed by atoms with Gasteiger partial charge in [0.05, 0.1) is 6.10 Å².